The maximum atomic E-state index is 12.9. The van der Waals surface area contributed by atoms with Crippen molar-refractivity contribution < 1.29 is 9.59 Å². The second kappa shape index (κ2) is 10.4. The van der Waals surface area contributed by atoms with Crippen LogP contribution in [0.4, 0.5) is 5.69 Å². The summed E-state index contributed by atoms with van der Waals surface area (Å²) in [6.45, 7) is 1.94. The number of carbonyl (C=O) groups excluding carboxylic acids is 2. The van der Waals surface area contributed by atoms with E-state index in [0.717, 1.165) is 22.3 Å². The fourth-order valence-corrected chi connectivity index (χ4v) is 3.72. The maximum Gasteiger partial charge on any atom is 0.253 e. The molecule has 4 aromatic rings. The number of anilines is 1. The number of amides is 2. The third-order valence-corrected chi connectivity index (χ3v) is 5.52. The van der Waals surface area contributed by atoms with Gasteiger partial charge in [0, 0.05) is 0 Å². The van der Waals surface area contributed by atoms with Gasteiger partial charge in [0.25, 0.3) is 5.91 Å². The molecule has 0 bridgehead atoms. The van der Waals surface area contributed by atoms with E-state index in [0.29, 0.717) is 11.3 Å². The quantitative estimate of drug-likeness (QED) is 0.373. The second-order valence-corrected chi connectivity index (χ2v) is 7.94. The van der Waals surface area contributed by atoms with Gasteiger partial charge in [-0.1, -0.05) is 97.1 Å². The third-order valence-electron chi connectivity index (χ3n) is 5.52. The molecule has 0 saturated carbocycles. The number of hydrogen-bond donors (Lipinski definition) is 2. The van der Waals surface area contributed by atoms with Gasteiger partial charge in [0.2, 0.25) is 5.91 Å². The highest BCUT2D eigenvalue weighted by Crippen LogP contribution is 2.21. The first-order valence-corrected chi connectivity index (χ1v) is 11.0. The van der Waals surface area contributed by atoms with E-state index in [1.54, 1.807) is 18.2 Å². The van der Waals surface area contributed by atoms with Crippen LogP contribution in [0, 0.1) is 0 Å². The van der Waals surface area contributed by atoms with Crippen LogP contribution in [-0.4, -0.2) is 11.8 Å². The molecule has 4 aromatic carbocycles. The van der Waals surface area contributed by atoms with Crippen molar-refractivity contribution in [3.63, 3.8) is 0 Å². The zero-order valence-electron chi connectivity index (χ0n) is 18.5. The van der Waals surface area contributed by atoms with E-state index in [1.807, 2.05) is 85.8 Å². The van der Waals surface area contributed by atoms with E-state index in [1.165, 1.54) is 0 Å². The normalized spacial score (nSPS) is 11.4. The minimum absolute atomic E-state index is 0.148. The molecule has 0 aliphatic carbocycles. The average Bonchev–Trinajstić information content (AvgIpc) is 2.86. The summed E-state index contributed by atoms with van der Waals surface area (Å²) in [5, 5.41) is 5.91. The Balaban J connectivity index is 1.41. The Morgan fingerprint density at radius 2 is 1.27 bits per heavy atom. The molecule has 0 aliphatic rings. The SMILES string of the molecule is CC(NC(=O)c1ccccc1NC(=O)Cc1ccc(-c2ccccc2)cc1)c1ccccc1. The van der Waals surface area contributed by atoms with Crippen molar-refractivity contribution in [2.45, 2.75) is 19.4 Å². The number of para-hydroxylation sites is 1. The maximum absolute atomic E-state index is 12.9. The fourth-order valence-electron chi connectivity index (χ4n) is 3.72. The smallest absolute Gasteiger partial charge is 0.253 e. The van der Waals surface area contributed by atoms with Crippen molar-refractivity contribution in [2.75, 3.05) is 5.32 Å². The molecular weight excluding hydrogens is 408 g/mol. The van der Waals surface area contributed by atoms with Crippen LogP contribution < -0.4 is 10.6 Å². The number of benzene rings is 4. The van der Waals surface area contributed by atoms with Crippen LogP contribution in [0.1, 0.15) is 34.5 Å². The fraction of sp³-hybridized carbons (Fsp3) is 0.103. The Kier molecular flexibility index (Phi) is 6.96. The van der Waals surface area contributed by atoms with E-state index in [2.05, 4.69) is 22.8 Å². The van der Waals surface area contributed by atoms with E-state index >= 15 is 0 Å². The lowest BCUT2D eigenvalue weighted by molar-refractivity contribution is -0.115. The highest BCUT2D eigenvalue weighted by Gasteiger charge is 2.16. The Morgan fingerprint density at radius 3 is 1.97 bits per heavy atom. The molecule has 1 atom stereocenters. The Bertz CT molecular complexity index is 1220. The van der Waals surface area contributed by atoms with E-state index in [9.17, 15) is 9.59 Å². The zero-order chi connectivity index (χ0) is 23.0. The van der Waals surface area contributed by atoms with Crippen LogP contribution in [0.5, 0.6) is 0 Å². The zero-order valence-corrected chi connectivity index (χ0v) is 18.5. The van der Waals surface area contributed by atoms with Crippen molar-refractivity contribution in [3.8, 4) is 11.1 Å². The van der Waals surface area contributed by atoms with Gasteiger partial charge in [-0.15, -0.1) is 0 Å². The van der Waals surface area contributed by atoms with Gasteiger partial charge < -0.3 is 10.6 Å². The van der Waals surface area contributed by atoms with Crippen molar-refractivity contribution >= 4 is 17.5 Å². The summed E-state index contributed by atoms with van der Waals surface area (Å²) in [7, 11) is 0. The molecule has 0 spiro atoms. The molecule has 4 heteroatoms. The number of carbonyl (C=O) groups is 2. The van der Waals surface area contributed by atoms with Gasteiger partial charge in [-0.05, 0) is 41.3 Å². The predicted octanol–water partition coefficient (Wildman–Crippen LogP) is 6.03. The topological polar surface area (TPSA) is 58.2 Å². The Morgan fingerprint density at radius 1 is 0.697 bits per heavy atom. The minimum atomic E-state index is -0.227. The number of rotatable bonds is 7. The third kappa shape index (κ3) is 5.74. The van der Waals surface area contributed by atoms with E-state index < -0.39 is 0 Å². The van der Waals surface area contributed by atoms with Crippen LogP contribution in [0.25, 0.3) is 11.1 Å². The summed E-state index contributed by atoms with van der Waals surface area (Å²) in [5.74, 6) is -0.395. The number of hydrogen-bond acceptors (Lipinski definition) is 2. The Hall–Kier alpha value is -4.18. The lowest BCUT2D eigenvalue weighted by atomic mass is 10.0. The van der Waals surface area contributed by atoms with Gasteiger partial charge in [0.15, 0.2) is 0 Å². The van der Waals surface area contributed by atoms with E-state index in [4.69, 9.17) is 0 Å². The predicted molar refractivity (Wildman–Crippen MR) is 133 cm³/mol. The highest BCUT2D eigenvalue weighted by atomic mass is 16.2. The second-order valence-electron chi connectivity index (χ2n) is 7.94. The van der Waals surface area contributed by atoms with Gasteiger partial charge in [-0.3, -0.25) is 9.59 Å². The van der Waals surface area contributed by atoms with E-state index in [-0.39, 0.29) is 24.3 Å². The Labute approximate surface area is 194 Å². The molecular formula is C29H26N2O2. The largest absolute Gasteiger partial charge is 0.345 e. The lowest BCUT2D eigenvalue weighted by Crippen LogP contribution is -2.28. The van der Waals surface area contributed by atoms with Crippen LogP contribution in [0.15, 0.2) is 109 Å². The van der Waals surface area contributed by atoms with Crippen LogP contribution in [0.3, 0.4) is 0 Å². The molecule has 0 saturated heterocycles. The van der Waals surface area contributed by atoms with Crippen molar-refractivity contribution in [1.29, 1.82) is 0 Å². The molecule has 1 unspecified atom stereocenters. The van der Waals surface area contributed by atoms with Crippen LogP contribution >= 0.6 is 0 Å². The minimum Gasteiger partial charge on any atom is -0.345 e. The summed E-state index contributed by atoms with van der Waals surface area (Å²) < 4.78 is 0. The number of nitrogens with one attached hydrogen (secondary N) is 2. The first kappa shape index (κ1) is 22.0. The first-order valence-electron chi connectivity index (χ1n) is 11.0. The van der Waals surface area contributed by atoms with Crippen molar-refractivity contribution in [1.82, 2.24) is 5.32 Å². The average molecular weight is 435 g/mol. The van der Waals surface area contributed by atoms with Crippen molar-refractivity contribution in [2.24, 2.45) is 0 Å². The van der Waals surface area contributed by atoms with Gasteiger partial charge in [-0.25, -0.2) is 0 Å². The molecule has 0 heterocycles. The van der Waals surface area contributed by atoms with Gasteiger partial charge >= 0.3 is 0 Å². The molecule has 0 radical (unpaired) electrons. The molecule has 2 N–H and O–H groups in total. The highest BCUT2D eigenvalue weighted by molar-refractivity contribution is 6.04. The summed E-state index contributed by atoms with van der Waals surface area (Å²) >= 11 is 0. The van der Waals surface area contributed by atoms with Crippen LogP contribution in [-0.2, 0) is 11.2 Å². The van der Waals surface area contributed by atoms with Gasteiger partial charge in [0.05, 0.1) is 23.7 Å². The molecule has 4 nitrogen and oxygen atoms in total. The summed E-state index contributed by atoms with van der Waals surface area (Å²) in [6, 6.07) is 34.8. The molecule has 33 heavy (non-hydrogen) atoms. The molecule has 4 rings (SSSR count). The molecule has 164 valence electrons. The molecule has 0 aromatic heterocycles. The summed E-state index contributed by atoms with van der Waals surface area (Å²) in [6.07, 6.45) is 0.228. The van der Waals surface area contributed by atoms with Crippen molar-refractivity contribution in [3.05, 3.63) is 126 Å². The van der Waals surface area contributed by atoms with Gasteiger partial charge in [-0.2, -0.15) is 0 Å². The standard InChI is InChI=1S/C29H26N2O2/c1-21(23-10-4-2-5-11-23)30-29(33)26-14-8-9-15-27(26)31-28(32)20-22-16-18-25(19-17-22)24-12-6-3-7-13-24/h2-19,21H,20H2,1H3,(H,30,33)(H,31,32). The first-order chi connectivity index (χ1) is 16.1. The lowest BCUT2D eigenvalue weighted by Gasteiger charge is -2.16. The van der Waals surface area contributed by atoms with Gasteiger partial charge in [0.1, 0.15) is 0 Å². The molecule has 0 fully saturated rings. The monoisotopic (exact) mass is 434 g/mol. The molecule has 2 amide bonds. The van der Waals surface area contributed by atoms with Crippen LogP contribution in [0.2, 0.25) is 0 Å². The summed E-state index contributed by atoms with van der Waals surface area (Å²) in [5.41, 5.74) is 5.11. The summed E-state index contributed by atoms with van der Waals surface area (Å²) in [4.78, 5) is 25.6. The molecule has 0 aliphatic heterocycles.